The van der Waals surface area contributed by atoms with Crippen LogP contribution in [0, 0.1) is 50.2 Å². The Labute approximate surface area is 354 Å². The minimum atomic E-state index is -1.52. The molecule has 12 heteroatoms. The molecule has 1 heterocycles. The second kappa shape index (κ2) is 15.6. The molecular formula is C48H66O12. The van der Waals surface area contributed by atoms with Gasteiger partial charge in [-0.15, -0.1) is 0 Å². The Bertz CT molecular complexity index is 1910. The summed E-state index contributed by atoms with van der Waals surface area (Å²) in [7, 11) is 1.47. The predicted molar refractivity (Wildman–Crippen MR) is 219 cm³/mol. The fourth-order valence-corrected chi connectivity index (χ4v) is 13.6. The summed E-state index contributed by atoms with van der Waals surface area (Å²) in [6, 6.07) is 8.41. The number of methoxy groups -OCH3 is 1. The SMILES string of the molecule is COC(=O)[C@@]1(C)CC[C@]2(C)CC[C@]3(C)C(=CC(=O)[C@@H]4[C@@]5(C)CC[C@H](O[C@@H]6O[C@H](COC(=O)c7ccccc7)[C@@H](O)[C@H](OC(C)=O)[C@H]6OC(C)=O)C(C)(C)[C@@H]5CC[C@]43C)[C@H]2C1. The van der Waals surface area contributed by atoms with Crippen LogP contribution in [0.15, 0.2) is 42.0 Å². The highest BCUT2D eigenvalue weighted by Crippen LogP contribution is 2.75. The number of rotatable bonds is 8. The van der Waals surface area contributed by atoms with E-state index in [-0.39, 0.29) is 57.8 Å². The standard InChI is InChI=1S/C48H66O12/c1-27(49)57-37-36(52)33(26-56-40(53)29-14-12-11-13-15-29)59-41(38(37)58-28(2)50)60-35-17-18-46(7)34(43(35,3)4)16-19-48(9)39(46)32(51)24-30-31-25-45(6,42(54)55-10)21-20-44(31,5)22-23-47(30,48)8/h11-15,24,31,33-39,41,52H,16-23,25-26H2,1-10H3/t31-,33-,34+,35+,36-,37+,38-,39-,41+,44-,45+,46+,47-,48-/m1/s1. The van der Waals surface area contributed by atoms with Gasteiger partial charge < -0.3 is 33.5 Å². The minimum absolute atomic E-state index is 0.0130. The Morgan fingerprint density at radius 2 is 1.48 bits per heavy atom. The molecule has 1 aromatic rings. The van der Waals surface area contributed by atoms with Gasteiger partial charge in [0.05, 0.1) is 24.2 Å². The zero-order valence-electron chi connectivity index (χ0n) is 37.2. The van der Waals surface area contributed by atoms with Gasteiger partial charge in [0.25, 0.3) is 0 Å². The van der Waals surface area contributed by atoms with Crippen LogP contribution in [-0.2, 0) is 47.6 Å². The largest absolute Gasteiger partial charge is 0.469 e. The van der Waals surface area contributed by atoms with Crippen molar-refractivity contribution in [2.45, 2.75) is 157 Å². The highest BCUT2D eigenvalue weighted by atomic mass is 16.7. The lowest BCUT2D eigenvalue weighted by atomic mass is 9.33. The molecule has 0 amide bonds. The fraction of sp³-hybridized carbons (Fsp3) is 0.729. The molecule has 14 atom stereocenters. The van der Waals surface area contributed by atoms with Gasteiger partial charge in [0.2, 0.25) is 0 Å². The summed E-state index contributed by atoms with van der Waals surface area (Å²) in [4.78, 5) is 65.9. The number of allylic oxidation sites excluding steroid dienone is 2. The molecule has 0 aromatic heterocycles. The molecule has 1 aliphatic heterocycles. The smallest absolute Gasteiger partial charge is 0.338 e. The summed E-state index contributed by atoms with van der Waals surface area (Å²) < 4.78 is 35.4. The molecule has 1 saturated heterocycles. The van der Waals surface area contributed by atoms with Crippen LogP contribution in [0.2, 0.25) is 0 Å². The van der Waals surface area contributed by atoms with Crippen LogP contribution in [0.25, 0.3) is 0 Å². The van der Waals surface area contributed by atoms with E-state index in [1.54, 1.807) is 30.3 Å². The molecule has 0 radical (unpaired) electrons. The lowest BCUT2D eigenvalue weighted by Gasteiger charge is -2.70. The van der Waals surface area contributed by atoms with E-state index in [4.69, 9.17) is 28.4 Å². The molecule has 5 aliphatic carbocycles. The zero-order chi connectivity index (χ0) is 43.8. The van der Waals surface area contributed by atoms with Crippen molar-refractivity contribution in [2.75, 3.05) is 13.7 Å². The normalized spacial score (nSPS) is 43.1. The number of ether oxygens (including phenoxy) is 6. The number of hydrogen-bond acceptors (Lipinski definition) is 12. The predicted octanol–water partition coefficient (Wildman–Crippen LogP) is 7.33. The molecule has 4 saturated carbocycles. The number of aliphatic hydroxyl groups excluding tert-OH is 1. The summed E-state index contributed by atoms with van der Waals surface area (Å²) >= 11 is 0. The van der Waals surface area contributed by atoms with Crippen LogP contribution in [0.1, 0.15) is 130 Å². The van der Waals surface area contributed by atoms with E-state index in [0.717, 1.165) is 38.5 Å². The summed E-state index contributed by atoms with van der Waals surface area (Å²) in [5, 5.41) is 11.5. The summed E-state index contributed by atoms with van der Waals surface area (Å²) in [6.07, 6.45) is 2.27. The average molecular weight is 835 g/mol. The minimum Gasteiger partial charge on any atom is -0.469 e. The van der Waals surface area contributed by atoms with Gasteiger partial charge in [0.1, 0.15) is 18.8 Å². The van der Waals surface area contributed by atoms with Crippen molar-refractivity contribution in [1.29, 1.82) is 0 Å². The third kappa shape index (κ3) is 7.14. The number of ketones is 1. The van der Waals surface area contributed by atoms with Crippen LogP contribution in [0.5, 0.6) is 0 Å². The topological polar surface area (TPSA) is 161 Å². The molecular weight excluding hydrogens is 769 g/mol. The Morgan fingerprint density at radius 3 is 2.13 bits per heavy atom. The van der Waals surface area contributed by atoms with Gasteiger partial charge in [-0.05, 0) is 122 Å². The van der Waals surface area contributed by atoms with Crippen molar-refractivity contribution in [3.63, 3.8) is 0 Å². The number of esters is 4. The Kier molecular flexibility index (Phi) is 11.6. The van der Waals surface area contributed by atoms with E-state index in [1.165, 1.54) is 26.5 Å². The number of carbonyl (C=O) groups is 5. The molecule has 330 valence electrons. The third-order valence-corrected chi connectivity index (χ3v) is 17.1. The maximum Gasteiger partial charge on any atom is 0.338 e. The van der Waals surface area contributed by atoms with E-state index in [0.29, 0.717) is 24.8 Å². The molecule has 0 spiro atoms. The summed E-state index contributed by atoms with van der Waals surface area (Å²) in [5.41, 5.74) is -0.461. The number of carbonyl (C=O) groups excluding carboxylic acids is 5. The highest BCUT2D eigenvalue weighted by Gasteiger charge is 2.71. The van der Waals surface area contributed by atoms with Gasteiger partial charge >= 0.3 is 23.9 Å². The van der Waals surface area contributed by atoms with Gasteiger partial charge in [-0.2, -0.15) is 0 Å². The van der Waals surface area contributed by atoms with Gasteiger partial charge in [0.15, 0.2) is 24.3 Å². The third-order valence-electron chi connectivity index (χ3n) is 17.1. The van der Waals surface area contributed by atoms with Crippen molar-refractivity contribution in [3.8, 4) is 0 Å². The first-order valence-electron chi connectivity index (χ1n) is 21.9. The monoisotopic (exact) mass is 834 g/mol. The average Bonchev–Trinajstić information content (AvgIpc) is 3.18. The first-order valence-corrected chi connectivity index (χ1v) is 21.9. The van der Waals surface area contributed by atoms with E-state index in [1.807, 2.05) is 13.0 Å². The van der Waals surface area contributed by atoms with Crippen molar-refractivity contribution in [1.82, 2.24) is 0 Å². The highest BCUT2D eigenvalue weighted by molar-refractivity contribution is 5.96. The first kappa shape index (κ1) is 44.4. The van der Waals surface area contributed by atoms with Crippen LogP contribution in [0.4, 0.5) is 0 Å². The number of hydrogen-bond donors (Lipinski definition) is 1. The molecule has 6 aliphatic rings. The van der Waals surface area contributed by atoms with Crippen LogP contribution >= 0.6 is 0 Å². The maximum atomic E-state index is 15.0. The van der Waals surface area contributed by atoms with Crippen LogP contribution in [-0.4, -0.2) is 85.3 Å². The number of fused-ring (bicyclic) bond motifs is 7. The zero-order valence-corrected chi connectivity index (χ0v) is 37.2. The van der Waals surface area contributed by atoms with E-state index in [9.17, 15) is 29.1 Å². The summed E-state index contributed by atoms with van der Waals surface area (Å²) in [6.45, 7) is 17.8. The Morgan fingerprint density at radius 1 is 0.833 bits per heavy atom. The molecule has 5 fully saturated rings. The van der Waals surface area contributed by atoms with Crippen molar-refractivity contribution in [3.05, 3.63) is 47.5 Å². The first-order chi connectivity index (χ1) is 28.0. The van der Waals surface area contributed by atoms with E-state index < -0.39 is 65.5 Å². The number of aliphatic hydroxyl groups is 1. The molecule has 12 nitrogen and oxygen atoms in total. The van der Waals surface area contributed by atoms with Crippen LogP contribution < -0.4 is 0 Å². The Hall–Kier alpha value is -3.61. The number of benzene rings is 1. The van der Waals surface area contributed by atoms with Gasteiger partial charge in [-0.1, -0.05) is 65.3 Å². The molecule has 0 bridgehead atoms. The van der Waals surface area contributed by atoms with Crippen molar-refractivity contribution < 1.29 is 57.5 Å². The molecule has 0 unspecified atom stereocenters. The van der Waals surface area contributed by atoms with Gasteiger partial charge in [0, 0.05) is 19.8 Å². The van der Waals surface area contributed by atoms with Crippen molar-refractivity contribution >= 4 is 29.7 Å². The maximum absolute atomic E-state index is 15.0. The van der Waals surface area contributed by atoms with Crippen molar-refractivity contribution in [2.24, 2.45) is 50.2 Å². The Balaban J connectivity index is 1.16. The molecule has 60 heavy (non-hydrogen) atoms. The second-order valence-electron chi connectivity index (χ2n) is 20.9. The lowest BCUT2D eigenvalue weighted by Crippen LogP contribution is -2.67. The van der Waals surface area contributed by atoms with E-state index in [2.05, 4.69) is 41.5 Å². The molecule has 1 aromatic carbocycles. The molecule has 1 N–H and O–H groups in total. The van der Waals surface area contributed by atoms with Gasteiger partial charge in [-0.25, -0.2) is 4.79 Å². The van der Waals surface area contributed by atoms with Gasteiger partial charge in [-0.3, -0.25) is 19.2 Å². The molecule has 7 rings (SSSR count). The lowest BCUT2D eigenvalue weighted by molar-refractivity contribution is -0.331. The summed E-state index contributed by atoms with van der Waals surface area (Å²) in [5.74, 6) is -2.06. The van der Waals surface area contributed by atoms with E-state index >= 15 is 0 Å². The quantitative estimate of drug-likeness (QED) is 0.158. The van der Waals surface area contributed by atoms with Crippen LogP contribution in [0.3, 0.4) is 0 Å². The fourth-order valence-electron chi connectivity index (χ4n) is 13.6. The second-order valence-corrected chi connectivity index (χ2v) is 20.9.